The van der Waals surface area contributed by atoms with Crippen molar-refractivity contribution in [1.82, 2.24) is 4.90 Å². The number of nitrogens with zero attached hydrogens (tertiary/aromatic N) is 1. The number of hydrogen-bond donors (Lipinski definition) is 0. The molecule has 1 nitrogen and oxygen atoms in total. The molecule has 100 valence electrons. The smallest absolute Gasteiger partial charge is 0.299 e. The molecule has 0 aromatic heterocycles. The number of rotatable bonds is 2. The Morgan fingerprint density at radius 2 is 1.89 bits per heavy atom. The zero-order valence-electron chi connectivity index (χ0n) is 10.5. The Morgan fingerprint density at radius 3 is 2.50 bits per heavy atom. The van der Waals surface area contributed by atoms with E-state index in [1.54, 1.807) is 6.07 Å². The molecule has 0 N–H and O–H groups in total. The summed E-state index contributed by atoms with van der Waals surface area (Å²) in [5.41, 5.74) is 0.199. The molecule has 0 bridgehead atoms. The third-order valence-electron chi connectivity index (χ3n) is 3.54. The first-order chi connectivity index (χ1) is 8.45. The first-order valence-electron chi connectivity index (χ1n) is 6.33. The highest BCUT2D eigenvalue weighted by Gasteiger charge is 2.30. The predicted octanol–water partition coefficient (Wildman–Crippen LogP) is 3.94. The van der Waals surface area contributed by atoms with Crippen LogP contribution in [0.1, 0.15) is 30.9 Å². The number of halogens is 3. The van der Waals surface area contributed by atoms with Crippen molar-refractivity contribution in [3.05, 3.63) is 35.4 Å². The standard InChI is InChI=1S/C14H18F3N/c1-11-5-7-18(8-6-11)10-12-3-2-4-13(9-12)14(15,16)17/h2-4,9,11H,5-8,10H2,1H3. The number of benzene rings is 1. The van der Waals surface area contributed by atoms with Gasteiger partial charge in [-0.05, 0) is 43.5 Å². The summed E-state index contributed by atoms with van der Waals surface area (Å²) in [6, 6.07) is 5.65. The molecule has 0 atom stereocenters. The average molecular weight is 257 g/mol. The van der Waals surface area contributed by atoms with E-state index in [2.05, 4.69) is 11.8 Å². The Labute approximate surface area is 106 Å². The summed E-state index contributed by atoms with van der Waals surface area (Å²) in [6.07, 6.45) is -1.97. The highest BCUT2D eigenvalue weighted by Crippen LogP contribution is 2.30. The van der Waals surface area contributed by atoms with Crippen LogP contribution in [0.15, 0.2) is 24.3 Å². The van der Waals surface area contributed by atoms with Crippen LogP contribution in [0.5, 0.6) is 0 Å². The van der Waals surface area contributed by atoms with Crippen LogP contribution in [0.25, 0.3) is 0 Å². The first kappa shape index (κ1) is 13.4. The van der Waals surface area contributed by atoms with Crippen molar-refractivity contribution in [2.24, 2.45) is 5.92 Å². The van der Waals surface area contributed by atoms with Gasteiger partial charge in [0.1, 0.15) is 0 Å². The first-order valence-corrected chi connectivity index (χ1v) is 6.33. The van der Waals surface area contributed by atoms with Crippen molar-refractivity contribution in [2.75, 3.05) is 13.1 Å². The zero-order valence-corrected chi connectivity index (χ0v) is 10.5. The second-order valence-electron chi connectivity index (χ2n) is 5.16. The molecule has 1 heterocycles. The van der Waals surface area contributed by atoms with Gasteiger partial charge in [-0.15, -0.1) is 0 Å². The fourth-order valence-corrected chi connectivity index (χ4v) is 2.32. The van der Waals surface area contributed by atoms with E-state index >= 15 is 0 Å². The summed E-state index contributed by atoms with van der Waals surface area (Å²) in [7, 11) is 0. The van der Waals surface area contributed by atoms with Gasteiger partial charge in [0, 0.05) is 6.54 Å². The maximum atomic E-state index is 12.6. The molecule has 0 aliphatic carbocycles. The molecule has 18 heavy (non-hydrogen) atoms. The molecule has 1 aliphatic rings. The summed E-state index contributed by atoms with van der Waals surface area (Å²) in [5, 5.41) is 0. The van der Waals surface area contributed by atoms with Gasteiger partial charge in [0.15, 0.2) is 0 Å². The molecule has 2 rings (SSSR count). The van der Waals surface area contributed by atoms with E-state index in [1.165, 1.54) is 12.1 Å². The summed E-state index contributed by atoms with van der Waals surface area (Å²) in [6.45, 7) is 4.81. The second-order valence-corrected chi connectivity index (χ2v) is 5.16. The molecule has 4 heteroatoms. The number of likely N-dealkylation sites (tertiary alicyclic amines) is 1. The molecular formula is C14H18F3N. The van der Waals surface area contributed by atoms with E-state index in [0.29, 0.717) is 6.54 Å². The Hall–Kier alpha value is -1.03. The average Bonchev–Trinajstić information content (AvgIpc) is 2.31. The van der Waals surface area contributed by atoms with Crippen molar-refractivity contribution >= 4 is 0 Å². The minimum absolute atomic E-state index is 0.551. The van der Waals surface area contributed by atoms with Gasteiger partial charge in [0.05, 0.1) is 5.56 Å². The fraction of sp³-hybridized carbons (Fsp3) is 0.571. The second kappa shape index (κ2) is 5.31. The van der Waals surface area contributed by atoms with Crippen molar-refractivity contribution in [2.45, 2.75) is 32.5 Å². The molecule has 0 radical (unpaired) electrons. The number of alkyl halides is 3. The Balaban J connectivity index is 2.01. The maximum absolute atomic E-state index is 12.6. The normalized spacial score (nSPS) is 19.1. The van der Waals surface area contributed by atoms with E-state index in [-0.39, 0.29) is 0 Å². The number of piperidine rings is 1. The maximum Gasteiger partial charge on any atom is 0.416 e. The summed E-state index contributed by atoms with van der Waals surface area (Å²) < 4.78 is 37.8. The Kier molecular flexibility index (Phi) is 3.95. The van der Waals surface area contributed by atoms with Gasteiger partial charge in [-0.1, -0.05) is 25.1 Å². The molecular weight excluding hydrogens is 239 g/mol. The van der Waals surface area contributed by atoms with Gasteiger partial charge in [-0.2, -0.15) is 13.2 Å². The fourth-order valence-electron chi connectivity index (χ4n) is 2.32. The van der Waals surface area contributed by atoms with E-state index in [4.69, 9.17) is 0 Å². The lowest BCUT2D eigenvalue weighted by Crippen LogP contribution is -2.32. The Bertz CT molecular complexity index is 392. The van der Waals surface area contributed by atoms with Crippen LogP contribution in [0, 0.1) is 5.92 Å². The van der Waals surface area contributed by atoms with Crippen molar-refractivity contribution in [3.63, 3.8) is 0 Å². The summed E-state index contributed by atoms with van der Waals surface area (Å²) >= 11 is 0. The van der Waals surface area contributed by atoms with Gasteiger partial charge in [-0.25, -0.2) is 0 Å². The molecule has 0 spiro atoms. The third kappa shape index (κ3) is 3.48. The zero-order chi connectivity index (χ0) is 13.2. The van der Waals surface area contributed by atoms with Crippen LogP contribution in [-0.4, -0.2) is 18.0 Å². The van der Waals surface area contributed by atoms with Gasteiger partial charge in [-0.3, -0.25) is 4.90 Å². The molecule has 0 saturated carbocycles. The monoisotopic (exact) mass is 257 g/mol. The summed E-state index contributed by atoms with van der Waals surface area (Å²) in [5.74, 6) is 0.739. The van der Waals surface area contributed by atoms with E-state index < -0.39 is 11.7 Å². The Morgan fingerprint density at radius 1 is 1.22 bits per heavy atom. The van der Waals surface area contributed by atoms with Gasteiger partial charge in [0.25, 0.3) is 0 Å². The third-order valence-corrected chi connectivity index (χ3v) is 3.54. The van der Waals surface area contributed by atoms with Crippen molar-refractivity contribution in [1.29, 1.82) is 0 Å². The topological polar surface area (TPSA) is 3.24 Å². The van der Waals surface area contributed by atoms with Gasteiger partial charge < -0.3 is 0 Å². The molecule has 1 aliphatic heterocycles. The predicted molar refractivity (Wildman–Crippen MR) is 65.1 cm³/mol. The summed E-state index contributed by atoms with van der Waals surface area (Å²) in [4.78, 5) is 2.23. The van der Waals surface area contributed by atoms with E-state index in [0.717, 1.165) is 43.5 Å². The van der Waals surface area contributed by atoms with Crippen LogP contribution in [0.3, 0.4) is 0 Å². The minimum Gasteiger partial charge on any atom is -0.299 e. The lowest BCUT2D eigenvalue weighted by atomic mass is 9.98. The molecule has 0 amide bonds. The number of hydrogen-bond acceptors (Lipinski definition) is 1. The van der Waals surface area contributed by atoms with Crippen LogP contribution in [-0.2, 0) is 12.7 Å². The molecule has 1 saturated heterocycles. The minimum atomic E-state index is -4.24. The van der Waals surface area contributed by atoms with Crippen molar-refractivity contribution in [3.8, 4) is 0 Å². The van der Waals surface area contributed by atoms with Crippen LogP contribution >= 0.6 is 0 Å². The molecule has 0 unspecified atom stereocenters. The van der Waals surface area contributed by atoms with Crippen LogP contribution in [0.2, 0.25) is 0 Å². The van der Waals surface area contributed by atoms with Gasteiger partial charge >= 0.3 is 6.18 Å². The molecule has 1 fully saturated rings. The van der Waals surface area contributed by atoms with Gasteiger partial charge in [0.2, 0.25) is 0 Å². The quantitative estimate of drug-likeness (QED) is 0.775. The van der Waals surface area contributed by atoms with Crippen molar-refractivity contribution < 1.29 is 13.2 Å². The highest BCUT2D eigenvalue weighted by molar-refractivity contribution is 5.25. The highest BCUT2D eigenvalue weighted by atomic mass is 19.4. The SMILES string of the molecule is CC1CCN(Cc2cccc(C(F)(F)F)c2)CC1. The van der Waals surface area contributed by atoms with E-state index in [9.17, 15) is 13.2 Å². The largest absolute Gasteiger partial charge is 0.416 e. The molecule has 1 aromatic rings. The lowest BCUT2D eigenvalue weighted by molar-refractivity contribution is -0.137. The van der Waals surface area contributed by atoms with Crippen LogP contribution in [0.4, 0.5) is 13.2 Å². The van der Waals surface area contributed by atoms with Crippen LogP contribution < -0.4 is 0 Å². The molecule has 1 aromatic carbocycles. The van der Waals surface area contributed by atoms with E-state index in [1.807, 2.05) is 0 Å². The lowest BCUT2D eigenvalue weighted by Gasteiger charge is -2.30.